The van der Waals surface area contributed by atoms with Crippen molar-refractivity contribution in [2.45, 2.75) is 0 Å². The third-order valence-corrected chi connectivity index (χ3v) is 0. The minimum Gasteiger partial charge on any atom is -1.00 e. The van der Waals surface area contributed by atoms with Gasteiger partial charge in [0.25, 0.3) is 0 Å². The van der Waals surface area contributed by atoms with Crippen molar-refractivity contribution in [1.29, 1.82) is 0 Å². The van der Waals surface area contributed by atoms with Crippen molar-refractivity contribution in [3.63, 3.8) is 0 Å². The molecule has 0 fully saturated rings. The molecular formula is H8ClCuO4+. The Morgan fingerprint density at radius 3 is 0.500 bits per heavy atom. The molecule has 6 heavy (non-hydrogen) atoms. The van der Waals surface area contributed by atoms with Gasteiger partial charge in [0.15, 0.2) is 0 Å². The first kappa shape index (κ1) is 503. The molecule has 4 nitrogen and oxygen atoms in total. The van der Waals surface area contributed by atoms with Crippen LogP contribution in [0.4, 0.5) is 0 Å². The normalized spacial score (nSPS) is 0. The monoisotopic (exact) mass is 170 g/mol. The van der Waals surface area contributed by atoms with E-state index in [-0.39, 0.29) is 51.4 Å². The second-order valence-corrected chi connectivity index (χ2v) is 0. The molecule has 0 amide bonds. The molecule has 0 aromatic carbocycles. The van der Waals surface area contributed by atoms with Crippen LogP contribution in [0, 0.1) is 0 Å². The summed E-state index contributed by atoms with van der Waals surface area (Å²) in [5.41, 5.74) is 0. The van der Waals surface area contributed by atoms with Crippen LogP contribution in [-0.4, -0.2) is 21.9 Å². The van der Waals surface area contributed by atoms with Gasteiger partial charge in [-0.15, -0.1) is 0 Å². The molecule has 0 rings (SSSR count). The summed E-state index contributed by atoms with van der Waals surface area (Å²) in [6.07, 6.45) is 0. The molecule has 49 valence electrons. The maximum Gasteiger partial charge on any atom is 2.00 e. The summed E-state index contributed by atoms with van der Waals surface area (Å²) < 4.78 is 0. The quantitative estimate of drug-likeness (QED) is 0.321. The Labute approximate surface area is 52.0 Å². The van der Waals surface area contributed by atoms with E-state index in [0.29, 0.717) is 0 Å². The molecule has 0 aromatic heterocycles. The fraction of sp³-hybridized carbons (Fsp3) is 0. The molecule has 0 bridgehead atoms. The van der Waals surface area contributed by atoms with Gasteiger partial charge in [-0.05, 0) is 0 Å². The van der Waals surface area contributed by atoms with Crippen molar-refractivity contribution < 1.29 is 51.4 Å². The fourth-order valence-corrected chi connectivity index (χ4v) is 0. The van der Waals surface area contributed by atoms with Crippen LogP contribution in [0.2, 0.25) is 0 Å². The molecule has 0 aliphatic carbocycles. The Bertz CT molecular complexity index is 7.51. The summed E-state index contributed by atoms with van der Waals surface area (Å²) in [4.78, 5) is 0. The third kappa shape index (κ3) is 147. The topological polar surface area (TPSA) is 126 Å². The standard InChI is InChI=1S/ClH.Cu.4H2O/h1H;;4*1H2/q;+2;;;;/p-1. The first-order valence-corrected chi connectivity index (χ1v) is 0. The van der Waals surface area contributed by atoms with Crippen molar-refractivity contribution in [2.75, 3.05) is 0 Å². The van der Waals surface area contributed by atoms with Crippen LogP contribution >= 0.6 is 0 Å². The van der Waals surface area contributed by atoms with Gasteiger partial charge in [-0.3, -0.25) is 0 Å². The Hall–Kier alpha value is 0.649. The zero-order chi connectivity index (χ0) is 0. The molecule has 0 atom stereocenters. The molecule has 0 aliphatic heterocycles. The first-order chi connectivity index (χ1) is 0. The van der Waals surface area contributed by atoms with E-state index in [9.17, 15) is 0 Å². The van der Waals surface area contributed by atoms with Crippen molar-refractivity contribution in [2.24, 2.45) is 0 Å². The van der Waals surface area contributed by atoms with Crippen molar-refractivity contribution >= 4 is 0 Å². The van der Waals surface area contributed by atoms with Gasteiger partial charge in [0.05, 0.1) is 0 Å². The summed E-state index contributed by atoms with van der Waals surface area (Å²) in [5.74, 6) is 0. The predicted molar refractivity (Wildman–Crippen MR) is 14.5 cm³/mol. The average molecular weight is 171 g/mol. The van der Waals surface area contributed by atoms with Gasteiger partial charge in [0, 0.05) is 0 Å². The molecule has 0 spiro atoms. The number of halogens is 1. The fourth-order valence-electron chi connectivity index (χ4n) is 0. The zero-order valence-electron chi connectivity index (χ0n) is 2.68. The predicted octanol–water partition coefficient (Wildman–Crippen LogP) is -6.30. The summed E-state index contributed by atoms with van der Waals surface area (Å²) in [5, 5.41) is 0. The molecule has 0 aliphatic rings. The van der Waals surface area contributed by atoms with E-state index in [1.807, 2.05) is 0 Å². The van der Waals surface area contributed by atoms with Gasteiger partial charge in [0.2, 0.25) is 0 Å². The summed E-state index contributed by atoms with van der Waals surface area (Å²) >= 11 is 0. The van der Waals surface area contributed by atoms with E-state index in [0.717, 1.165) is 0 Å². The number of hydrogen-bond acceptors (Lipinski definition) is 0. The van der Waals surface area contributed by atoms with Crippen LogP contribution in [0.25, 0.3) is 0 Å². The van der Waals surface area contributed by atoms with E-state index >= 15 is 0 Å². The maximum atomic E-state index is 0. The smallest absolute Gasteiger partial charge is 1.00 e. The molecule has 0 saturated heterocycles. The Morgan fingerprint density at radius 1 is 0.500 bits per heavy atom. The van der Waals surface area contributed by atoms with Crippen molar-refractivity contribution in [1.82, 2.24) is 0 Å². The maximum absolute atomic E-state index is 0. The number of rotatable bonds is 0. The second kappa shape index (κ2) is 290. The molecule has 0 heterocycles. The third-order valence-electron chi connectivity index (χ3n) is 0. The van der Waals surface area contributed by atoms with Crippen LogP contribution in [0.5, 0.6) is 0 Å². The van der Waals surface area contributed by atoms with Gasteiger partial charge in [-0.2, -0.15) is 0 Å². The van der Waals surface area contributed by atoms with Gasteiger partial charge < -0.3 is 34.3 Å². The van der Waals surface area contributed by atoms with Crippen LogP contribution < -0.4 is 12.4 Å². The van der Waals surface area contributed by atoms with Gasteiger partial charge in [0.1, 0.15) is 0 Å². The van der Waals surface area contributed by atoms with Gasteiger partial charge in [-0.1, -0.05) is 0 Å². The van der Waals surface area contributed by atoms with Crippen molar-refractivity contribution in [3.8, 4) is 0 Å². The zero-order valence-corrected chi connectivity index (χ0v) is 4.38. The minimum absolute atomic E-state index is 0. The van der Waals surface area contributed by atoms with E-state index in [2.05, 4.69) is 0 Å². The van der Waals surface area contributed by atoms with E-state index < -0.39 is 0 Å². The summed E-state index contributed by atoms with van der Waals surface area (Å²) in [6.45, 7) is 0. The second-order valence-electron chi connectivity index (χ2n) is 0. The summed E-state index contributed by atoms with van der Waals surface area (Å²) in [7, 11) is 0. The molecular weight excluding hydrogens is 163 g/mol. The van der Waals surface area contributed by atoms with E-state index in [1.54, 1.807) is 0 Å². The SMILES string of the molecule is O.O.O.O.[Cl-].[Cu+2]. The van der Waals surface area contributed by atoms with E-state index in [4.69, 9.17) is 0 Å². The van der Waals surface area contributed by atoms with Gasteiger partial charge in [-0.25, -0.2) is 0 Å². The Morgan fingerprint density at radius 2 is 0.500 bits per heavy atom. The van der Waals surface area contributed by atoms with Crippen LogP contribution in [0.3, 0.4) is 0 Å². The van der Waals surface area contributed by atoms with E-state index in [1.165, 1.54) is 0 Å². The number of hydrogen-bond donors (Lipinski definition) is 0. The molecule has 8 N–H and O–H groups in total. The average Bonchev–Trinajstić information content (AvgIpc) is 0. The molecule has 1 radical (unpaired) electrons. The Balaban J connectivity index is 0. The molecule has 0 unspecified atom stereocenters. The minimum atomic E-state index is 0. The molecule has 6 heteroatoms. The molecule has 0 saturated carbocycles. The molecule has 0 aromatic rings. The summed E-state index contributed by atoms with van der Waals surface area (Å²) in [6, 6.07) is 0. The van der Waals surface area contributed by atoms with Crippen LogP contribution in [0.1, 0.15) is 0 Å². The Kier molecular flexibility index (Phi) is 24300. The largest absolute Gasteiger partial charge is 2.00 e. The van der Waals surface area contributed by atoms with Gasteiger partial charge >= 0.3 is 17.1 Å². The van der Waals surface area contributed by atoms with Crippen molar-refractivity contribution in [3.05, 3.63) is 0 Å². The first-order valence-electron chi connectivity index (χ1n) is 0. The van der Waals surface area contributed by atoms with Crippen LogP contribution in [-0.2, 0) is 17.1 Å². The van der Waals surface area contributed by atoms with Crippen LogP contribution in [0.15, 0.2) is 0 Å².